The first-order valence-corrected chi connectivity index (χ1v) is 4.36. The highest BCUT2D eigenvalue weighted by Gasteiger charge is 2.05. The van der Waals surface area contributed by atoms with Crippen molar-refractivity contribution in [2.75, 3.05) is 25.6 Å². The van der Waals surface area contributed by atoms with Gasteiger partial charge in [-0.3, -0.25) is 0 Å². The monoisotopic (exact) mass is 210 g/mol. The van der Waals surface area contributed by atoms with Crippen LogP contribution in [0.4, 0.5) is 15.8 Å². The minimum atomic E-state index is -0.448. The molecule has 5 nitrogen and oxygen atoms in total. The molecule has 0 fully saturated rings. The molecule has 0 amide bonds. The summed E-state index contributed by atoms with van der Waals surface area (Å²) < 4.78 is 18.1. The van der Waals surface area contributed by atoms with E-state index < -0.39 is 5.82 Å². The number of ether oxygens (including phenoxy) is 1. The lowest BCUT2D eigenvalue weighted by molar-refractivity contribution is 0.210. The molecule has 0 radical (unpaired) electrons. The lowest BCUT2D eigenvalue weighted by Crippen LogP contribution is -2.08. The van der Waals surface area contributed by atoms with E-state index in [4.69, 9.17) is 10.3 Å². The largest absolute Gasteiger partial charge is 0.383 e. The number of nitrogens with one attached hydrogen (secondary N) is 1. The molecule has 0 saturated heterocycles. The van der Waals surface area contributed by atoms with E-state index in [0.717, 1.165) is 0 Å². The predicted octanol–water partition coefficient (Wildman–Crippen LogP) is 2.83. The number of benzene rings is 1. The van der Waals surface area contributed by atoms with Crippen LogP contribution in [0.5, 0.6) is 0 Å². The number of nitrogens with zero attached hydrogens (tertiary/aromatic N) is 3. The van der Waals surface area contributed by atoms with Gasteiger partial charge in [-0.2, -0.15) is 0 Å². The van der Waals surface area contributed by atoms with Gasteiger partial charge in [0.25, 0.3) is 0 Å². The lowest BCUT2D eigenvalue weighted by atomic mass is 10.2. The number of methoxy groups -OCH3 is 1. The van der Waals surface area contributed by atoms with Gasteiger partial charge in [0.1, 0.15) is 5.82 Å². The van der Waals surface area contributed by atoms with Gasteiger partial charge >= 0.3 is 0 Å². The van der Waals surface area contributed by atoms with E-state index in [-0.39, 0.29) is 11.4 Å². The molecule has 1 aromatic carbocycles. The number of hydrogen-bond acceptors (Lipinski definition) is 3. The van der Waals surface area contributed by atoms with Gasteiger partial charge in [-0.25, -0.2) is 4.39 Å². The summed E-state index contributed by atoms with van der Waals surface area (Å²) in [5, 5.41) is 6.19. The van der Waals surface area contributed by atoms with Crippen molar-refractivity contribution in [2.24, 2.45) is 5.11 Å². The van der Waals surface area contributed by atoms with Gasteiger partial charge in [0.15, 0.2) is 0 Å². The highest BCUT2D eigenvalue weighted by atomic mass is 19.1. The van der Waals surface area contributed by atoms with E-state index in [1.54, 1.807) is 7.11 Å². The Morgan fingerprint density at radius 3 is 3.07 bits per heavy atom. The quantitative estimate of drug-likeness (QED) is 0.351. The maximum Gasteiger partial charge on any atom is 0.146 e. The van der Waals surface area contributed by atoms with Gasteiger partial charge < -0.3 is 10.1 Å². The zero-order chi connectivity index (χ0) is 11.1. The molecular weight excluding hydrogens is 199 g/mol. The summed E-state index contributed by atoms with van der Waals surface area (Å²) in [7, 11) is 1.55. The molecule has 0 heterocycles. The number of azide groups is 1. The van der Waals surface area contributed by atoms with Gasteiger partial charge in [-0.15, -0.1) is 0 Å². The van der Waals surface area contributed by atoms with Crippen LogP contribution in [-0.2, 0) is 4.74 Å². The zero-order valence-corrected chi connectivity index (χ0v) is 8.27. The van der Waals surface area contributed by atoms with Gasteiger partial charge in [0.05, 0.1) is 18.0 Å². The molecule has 80 valence electrons. The second-order valence-electron chi connectivity index (χ2n) is 2.74. The third-order valence-corrected chi connectivity index (χ3v) is 1.75. The van der Waals surface area contributed by atoms with Gasteiger partial charge in [0, 0.05) is 18.6 Å². The molecule has 0 unspecified atom stereocenters. The van der Waals surface area contributed by atoms with Crippen molar-refractivity contribution in [3.05, 3.63) is 34.5 Å². The first kappa shape index (κ1) is 11.3. The van der Waals surface area contributed by atoms with Crippen LogP contribution >= 0.6 is 0 Å². The summed E-state index contributed by atoms with van der Waals surface area (Å²) >= 11 is 0. The summed E-state index contributed by atoms with van der Waals surface area (Å²) in [4.78, 5) is 2.62. The van der Waals surface area contributed by atoms with Gasteiger partial charge in [0.2, 0.25) is 0 Å². The van der Waals surface area contributed by atoms with E-state index >= 15 is 0 Å². The molecule has 0 aliphatic carbocycles. The molecule has 1 rings (SSSR count). The Bertz CT molecular complexity index is 376. The van der Waals surface area contributed by atoms with Crippen LogP contribution in [0.3, 0.4) is 0 Å². The van der Waals surface area contributed by atoms with Crippen LogP contribution in [0.1, 0.15) is 0 Å². The van der Waals surface area contributed by atoms with Gasteiger partial charge in [-0.1, -0.05) is 17.2 Å². The number of anilines is 1. The number of halogens is 1. The van der Waals surface area contributed by atoms with Crippen molar-refractivity contribution in [3.8, 4) is 0 Å². The number of para-hydroxylation sites is 1. The normalized spacial score (nSPS) is 9.47. The van der Waals surface area contributed by atoms with Crippen LogP contribution < -0.4 is 5.32 Å². The van der Waals surface area contributed by atoms with Crippen molar-refractivity contribution in [2.45, 2.75) is 0 Å². The highest BCUT2D eigenvalue weighted by Crippen LogP contribution is 2.27. The Kier molecular flexibility index (Phi) is 4.40. The van der Waals surface area contributed by atoms with Gasteiger partial charge in [-0.05, 0) is 11.6 Å². The molecule has 0 aromatic heterocycles. The maximum absolute atomic E-state index is 13.3. The average Bonchev–Trinajstić information content (AvgIpc) is 2.23. The van der Waals surface area contributed by atoms with E-state index in [1.807, 2.05) is 0 Å². The van der Waals surface area contributed by atoms with Crippen molar-refractivity contribution >= 4 is 11.4 Å². The zero-order valence-electron chi connectivity index (χ0n) is 8.27. The molecule has 0 aliphatic rings. The number of rotatable bonds is 5. The van der Waals surface area contributed by atoms with Crippen LogP contribution in [0.2, 0.25) is 0 Å². The average molecular weight is 210 g/mol. The number of hydrogen-bond donors (Lipinski definition) is 1. The van der Waals surface area contributed by atoms with E-state index in [2.05, 4.69) is 15.3 Å². The molecule has 0 saturated carbocycles. The molecule has 1 aromatic rings. The summed E-state index contributed by atoms with van der Waals surface area (Å²) in [6, 6.07) is 4.32. The lowest BCUT2D eigenvalue weighted by Gasteiger charge is -2.09. The van der Waals surface area contributed by atoms with Crippen molar-refractivity contribution in [1.29, 1.82) is 0 Å². The van der Waals surface area contributed by atoms with Crippen LogP contribution in [0, 0.1) is 5.82 Å². The van der Waals surface area contributed by atoms with Crippen molar-refractivity contribution < 1.29 is 9.13 Å². The fourth-order valence-electron chi connectivity index (χ4n) is 1.10. The summed E-state index contributed by atoms with van der Waals surface area (Å²) in [5.41, 5.74) is 8.74. The Hall–Kier alpha value is -1.78. The minimum Gasteiger partial charge on any atom is -0.383 e. The SMILES string of the molecule is COCCNc1c(F)cccc1N=[N+]=[N-]. The maximum atomic E-state index is 13.3. The third kappa shape index (κ3) is 3.12. The fraction of sp³-hybridized carbons (Fsp3) is 0.333. The predicted molar refractivity (Wildman–Crippen MR) is 55.6 cm³/mol. The molecule has 1 N–H and O–H groups in total. The molecule has 0 aliphatic heterocycles. The minimum absolute atomic E-state index is 0.201. The first-order chi connectivity index (χ1) is 7.29. The smallest absolute Gasteiger partial charge is 0.146 e. The van der Waals surface area contributed by atoms with Crippen LogP contribution in [0.15, 0.2) is 23.3 Å². The summed E-state index contributed by atoms with van der Waals surface area (Å²) in [6.45, 7) is 0.898. The standard InChI is InChI=1S/C9H11FN4O/c1-15-6-5-12-9-7(10)3-2-4-8(9)13-14-11/h2-4,12H,5-6H2,1H3. The van der Waals surface area contributed by atoms with E-state index in [9.17, 15) is 4.39 Å². The Morgan fingerprint density at radius 1 is 1.60 bits per heavy atom. The Morgan fingerprint density at radius 2 is 2.40 bits per heavy atom. The van der Waals surface area contributed by atoms with Crippen molar-refractivity contribution in [1.82, 2.24) is 0 Å². The Labute approximate surface area is 86.5 Å². The van der Waals surface area contributed by atoms with Crippen LogP contribution in [-0.4, -0.2) is 20.3 Å². The van der Waals surface area contributed by atoms with E-state index in [1.165, 1.54) is 18.2 Å². The van der Waals surface area contributed by atoms with Crippen molar-refractivity contribution in [3.63, 3.8) is 0 Å². The van der Waals surface area contributed by atoms with E-state index in [0.29, 0.717) is 13.2 Å². The van der Waals surface area contributed by atoms with Crippen LogP contribution in [0.25, 0.3) is 10.4 Å². The summed E-state index contributed by atoms with van der Waals surface area (Å²) in [6.07, 6.45) is 0. The topological polar surface area (TPSA) is 70.0 Å². The molecule has 0 spiro atoms. The summed E-state index contributed by atoms with van der Waals surface area (Å²) in [5.74, 6) is -0.448. The molecular formula is C9H11FN4O. The molecule has 15 heavy (non-hydrogen) atoms. The fourth-order valence-corrected chi connectivity index (χ4v) is 1.10. The first-order valence-electron chi connectivity index (χ1n) is 4.36. The highest BCUT2D eigenvalue weighted by molar-refractivity contribution is 5.65. The second kappa shape index (κ2) is 5.85. The molecule has 0 atom stereocenters. The second-order valence-corrected chi connectivity index (χ2v) is 2.74. The Balaban J connectivity index is 2.86. The third-order valence-electron chi connectivity index (χ3n) is 1.75. The molecule has 6 heteroatoms. The molecule has 0 bridgehead atoms.